The van der Waals surface area contributed by atoms with Gasteiger partial charge < -0.3 is 10.2 Å². The Morgan fingerprint density at radius 3 is 2.61 bits per heavy atom. The van der Waals surface area contributed by atoms with E-state index in [1.54, 1.807) is 0 Å². The molecule has 2 heterocycles. The quantitative estimate of drug-likeness (QED) is 0.620. The lowest BCUT2D eigenvalue weighted by Crippen LogP contribution is -2.39. The Labute approximate surface area is 170 Å². The normalized spacial score (nSPS) is 18.6. The number of halogens is 1. The summed E-state index contributed by atoms with van der Waals surface area (Å²) in [6.07, 6.45) is 3.40. The molecule has 1 aliphatic carbocycles. The highest BCUT2D eigenvalue weighted by Gasteiger charge is 2.30. The summed E-state index contributed by atoms with van der Waals surface area (Å²) in [4.78, 5) is 12.1. The van der Waals surface area contributed by atoms with Crippen molar-refractivity contribution in [2.45, 2.75) is 44.7 Å². The molecule has 1 aromatic heterocycles. The number of fused-ring (bicyclic) bond motifs is 1. The van der Waals surface area contributed by atoms with Crippen LogP contribution in [-0.2, 0) is 13.0 Å². The zero-order valence-electron chi connectivity index (χ0n) is 15.9. The molecule has 142 valence electrons. The van der Waals surface area contributed by atoms with Crippen LogP contribution in [0.2, 0.25) is 5.02 Å². The topological polar surface area (TPSA) is 41.0 Å². The van der Waals surface area contributed by atoms with Crippen LogP contribution >= 0.6 is 11.6 Å². The molecular weight excluding hydrogens is 368 g/mol. The Hall–Kier alpha value is -2.59. The van der Waals surface area contributed by atoms with Gasteiger partial charge in [0.15, 0.2) is 0 Å². The largest absolute Gasteiger partial charge is 0.349 e. The fraction of sp³-hybridized carbons (Fsp3) is 0.304. The first-order chi connectivity index (χ1) is 13.7. The maximum absolute atomic E-state index is 6.14. The van der Waals surface area contributed by atoms with Crippen LogP contribution in [0, 0.1) is 0 Å². The number of nitrogens with one attached hydrogen (secondary N) is 1. The van der Waals surface area contributed by atoms with Gasteiger partial charge in [0.1, 0.15) is 17.5 Å². The third-order valence-electron chi connectivity index (χ3n) is 5.57. The minimum atomic E-state index is 0.399. The Kier molecular flexibility index (Phi) is 4.44. The van der Waals surface area contributed by atoms with Gasteiger partial charge in [0, 0.05) is 35.3 Å². The summed E-state index contributed by atoms with van der Waals surface area (Å²) in [5.41, 5.74) is 3.77. The van der Waals surface area contributed by atoms with Crippen LogP contribution in [0.5, 0.6) is 0 Å². The summed E-state index contributed by atoms with van der Waals surface area (Å²) >= 11 is 6.14. The Morgan fingerprint density at radius 2 is 1.82 bits per heavy atom. The van der Waals surface area contributed by atoms with E-state index in [1.807, 2.05) is 24.3 Å². The van der Waals surface area contributed by atoms with Gasteiger partial charge >= 0.3 is 0 Å². The predicted octanol–water partition coefficient (Wildman–Crippen LogP) is 5.70. The Balaban J connectivity index is 1.49. The Bertz CT molecular complexity index is 1010. The highest BCUT2D eigenvalue weighted by Crippen LogP contribution is 2.40. The number of benzene rings is 2. The zero-order chi connectivity index (χ0) is 19.1. The lowest BCUT2D eigenvalue weighted by Gasteiger charge is -2.36. The molecular formula is C23H23ClN4. The molecule has 3 aromatic rings. The first kappa shape index (κ1) is 17.5. The van der Waals surface area contributed by atoms with Crippen molar-refractivity contribution < 1.29 is 0 Å². The van der Waals surface area contributed by atoms with Gasteiger partial charge in [-0.3, -0.25) is 0 Å². The smallest absolute Gasteiger partial charge is 0.136 e. The second-order valence-corrected chi connectivity index (χ2v) is 8.27. The van der Waals surface area contributed by atoms with Crippen molar-refractivity contribution in [3.63, 3.8) is 0 Å². The van der Waals surface area contributed by atoms with Crippen LogP contribution < -0.4 is 10.2 Å². The van der Waals surface area contributed by atoms with Crippen LogP contribution in [0.4, 0.5) is 17.3 Å². The van der Waals surface area contributed by atoms with Crippen molar-refractivity contribution in [2.24, 2.45) is 0 Å². The summed E-state index contributed by atoms with van der Waals surface area (Å²) in [5, 5.41) is 4.13. The van der Waals surface area contributed by atoms with E-state index < -0.39 is 0 Å². The van der Waals surface area contributed by atoms with Crippen molar-refractivity contribution in [3.05, 3.63) is 76.6 Å². The molecule has 1 aliphatic heterocycles. The summed E-state index contributed by atoms with van der Waals surface area (Å²) < 4.78 is 0. The van der Waals surface area contributed by atoms with Gasteiger partial charge in [-0.05, 0) is 55.5 Å². The molecule has 5 heteroatoms. The number of rotatable bonds is 4. The SMILES string of the molecule is C[C@@H]1Cc2ccccc2CN1c1cc(Nc2cccc(Cl)c2)nc(C2CC2)n1. The van der Waals surface area contributed by atoms with Crippen LogP contribution in [0.15, 0.2) is 54.6 Å². The minimum Gasteiger partial charge on any atom is -0.349 e. The maximum Gasteiger partial charge on any atom is 0.136 e. The molecule has 1 N–H and O–H groups in total. The van der Waals surface area contributed by atoms with E-state index in [9.17, 15) is 0 Å². The molecule has 0 spiro atoms. The molecule has 0 saturated heterocycles. The summed E-state index contributed by atoms with van der Waals surface area (Å²) in [5.74, 6) is 3.28. The molecule has 0 radical (unpaired) electrons. The van der Waals surface area contributed by atoms with E-state index in [0.29, 0.717) is 17.0 Å². The fourth-order valence-electron chi connectivity index (χ4n) is 3.89. The molecule has 0 bridgehead atoms. The molecule has 4 nitrogen and oxygen atoms in total. The second kappa shape index (κ2) is 7.10. The Morgan fingerprint density at radius 1 is 1.00 bits per heavy atom. The zero-order valence-corrected chi connectivity index (χ0v) is 16.7. The number of hydrogen-bond donors (Lipinski definition) is 1. The van der Waals surface area contributed by atoms with Crippen molar-refractivity contribution in [1.29, 1.82) is 0 Å². The third kappa shape index (κ3) is 3.57. The average molecular weight is 391 g/mol. The van der Waals surface area contributed by atoms with Gasteiger partial charge in [0.2, 0.25) is 0 Å². The molecule has 5 rings (SSSR count). The van der Waals surface area contributed by atoms with E-state index >= 15 is 0 Å². The van der Waals surface area contributed by atoms with Gasteiger partial charge in [-0.2, -0.15) is 0 Å². The van der Waals surface area contributed by atoms with Crippen LogP contribution in [-0.4, -0.2) is 16.0 Å². The van der Waals surface area contributed by atoms with Crippen LogP contribution in [0.3, 0.4) is 0 Å². The lowest BCUT2D eigenvalue weighted by molar-refractivity contribution is 0.585. The number of aromatic nitrogens is 2. The number of nitrogens with zero attached hydrogens (tertiary/aromatic N) is 3. The minimum absolute atomic E-state index is 0.399. The summed E-state index contributed by atoms with van der Waals surface area (Å²) in [6, 6.07) is 18.9. The molecule has 2 aliphatic rings. The van der Waals surface area contributed by atoms with Crippen molar-refractivity contribution in [2.75, 3.05) is 10.2 Å². The van der Waals surface area contributed by atoms with Gasteiger partial charge in [-0.1, -0.05) is 41.9 Å². The lowest BCUT2D eigenvalue weighted by atomic mass is 9.95. The average Bonchev–Trinajstić information content (AvgIpc) is 3.52. The second-order valence-electron chi connectivity index (χ2n) is 7.83. The molecule has 1 atom stereocenters. The van der Waals surface area contributed by atoms with Gasteiger partial charge in [-0.25, -0.2) is 9.97 Å². The fourth-order valence-corrected chi connectivity index (χ4v) is 4.08. The monoisotopic (exact) mass is 390 g/mol. The van der Waals surface area contributed by atoms with Gasteiger partial charge in [0.05, 0.1) is 0 Å². The highest BCUT2D eigenvalue weighted by atomic mass is 35.5. The van der Waals surface area contributed by atoms with E-state index in [1.165, 1.54) is 24.0 Å². The van der Waals surface area contributed by atoms with Crippen molar-refractivity contribution >= 4 is 28.9 Å². The number of anilines is 3. The first-order valence-corrected chi connectivity index (χ1v) is 10.3. The predicted molar refractivity (Wildman–Crippen MR) is 115 cm³/mol. The van der Waals surface area contributed by atoms with Gasteiger partial charge in [-0.15, -0.1) is 0 Å². The molecule has 1 saturated carbocycles. The number of hydrogen-bond acceptors (Lipinski definition) is 4. The van der Waals surface area contributed by atoms with Gasteiger partial charge in [0.25, 0.3) is 0 Å². The molecule has 0 unspecified atom stereocenters. The molecule has 2 aromatic carbocycles. The molecule has 28 heavy (non-hydrogen) atoms. The summed E-state index contributed by atoms with van der Waals surface area (Å²) in [7, 11) is 0. The highest BCUT2D eigenvalue weighted by molar-refractivity contribution is 6.30. The maximum atomic E-state index is 6.14. The van der Waals surface area contributed by atoms with E-state index in [-0.39, 0.29) is 0 Å². The third-order valence-corrected chi connectivity index (χ3v) is 5.81. The standard InChI is InChI=1S/C23H23ClN4/c1-15-11-17-5-2-3-6-18(17)14-28(15)22-13-21(26-23(27-22)16-9-10-16)25-20-8-4-7-19(24)12-20/h2-8,12-13,15-16H,9-11,14H2,1H3,(H,25,26,27)/t15-/m1/s1. The van der Waals surface area contributed by atoms with E-state index in [2.05, 4.69) is 47.5 Å². The molecule has 1 fully saturated rings. The van der Waals surface area contributed by atoms with Crippen LogP contribution in [0.1, 0.15) is 42.6 Å². The summed E-state index contributed by atoms with van der Waals surface area (Å²) in [6.45, 7) is 3.16. The van der Waals surface area contributed by atoms with E-state index in [0.717, 1.165) is 36.1 Å². The van der Waals surface area contributed by atoms with E-state index in [4.69, 9.17) is 21.6 Å². The van der Waals surface area contributed by atoms with Crippen molar-refractivity contribution in [3.8, 4) is 0 Å². The first-order valence-electron chi connectivity index (χ1n) is 9.91. The van der Waals surface area contributed by atoms with Crippen LogP contribution in [0.25, 0.3) is 0 Å². The van der Waals surface area contributed by atoms with Crippen molar-refractivity contribution in [1.82, 2.24) is 9.97 Å². The molecule has 0 amide bonds.